The highest BCUT2D eigenvalue weighted by atomic mass is 32.2. The van der Waals surface area contributed by atoms with Crippen molar-refractivity contribution in [2.45, 2.75) is 6.54 Å². The minimum absolute atomic E-state index is 0.0183. The number of likely N-dealkylation sites (N-methyl/N-ethyl adjacent to an activating group) is 1. The van der Waals surface area contributed by atoms with Crippen molar-refractivity contribution < 1.29 is 17.9 Å². The van der Waals surface area contributed by atoms with Crippen molar-refractivity contribution in [3.63, 3.8) is 0 Å². The van der Waals surface area contributed by atoms with Gasteiger partial charge in [-0.3, -0.25) is 4.79 Å². The lowest BCUT2D eigenvalue weighted by Gasteiger charge is -2.14. The molecule has 0 aromatic heterocycles. The van der Waals surface area contributed by atoms with Crippen LogP contribution in [-0.2, 0) is 21.4 Å². The van der Waals surface area contributed by atoms with Crippen molar-refractivity contribution in [3.05, 3.63) is 29.8 Å². The number of hydrogen-bond donors (Lipinski definition) is 0. The molecule has 0 aliphatic carbocycles. The van der Waals surface area contributed by atoms with Crippen LogP contribution in [0.25, 0.3) is 0 Å². The fourth-order valence-electron chi connectivity index (χ4n) is 1.34. The summed E-state index contributed by atoms with van der Waals surface area (Å²) in [6.45, 7) is 0.283. The van der Waals surface area contributed by atoms with Crippen molar-refractivity contribution in [1.29, 1.82) is 0 Å². The van der Waals surface area contributed by atoms with Crippen LogP contribution in [0, 0.1) is 0 Å². The lowest BCUT2D eigenvalue weighted by Crippen LogP contribution is -2.27. The van der Waals surface area contributed by atoms with Gasteiger partial charge in [0, 0.05) is 27.7 Å². The van der Waals surface area contributed by atoms with E-state index in [1.165, 1.54) is 16.3 Å². The minimum atomic E-state index is -3.19. The summed E-state index contributed by atoms with van der Waals surface area (Å²) < 4.78 is 29.2. The largest absolute Gasteiger partial charge is 0.484 e. The summed E-state index contributed by atoms with van der Waals surface area (Å²) in [5, 5.41) is 0. The molecule has 0 bridgehead atoms. The predicted molar refractivity (Wildman–Crippen MR) is 76.9 cm³/mol. The summed E-state index contributed by atoms with van der Waals surface area (Å²) in [5.74, 6) is 0.455. The Morgan fingerprint density at radius 2 is 1.70 bits per heavy atom. The van der Waals surface area contributed by atoms with Crippen LogP contribution in [-0.4, -0.2) is 57.5 Å². The van der Waals surface area contributed by atoms with Crippen LogP contribution in [0.5, 0.6) is 5.75 Å². The van der Waals surface area contributed by atoms with Gasteiger partial charge in [-0.05, 0) is 17.7 Å². The normalized spacial score (nSPS) is 11.4. The first-order valence-corrected chi connectivity index (χ1v) is 7.88. The lowest BCUT2D eigenvalue weighted by molar-refractivity contribution is -0.130. The molecule has 20 heavy (non-hydrogen) atoms. The Morgan fingerprint density at radius 1 is 1.15 bits per heavy atom. The number of rotatable bonds is 6. The highest BCUT2D eigenvalue weighted by molar-refractivity contribution is 7.88. The molecule has 1 aromatic rings. The van der Waals surface area contributed by atoms with Crippen LogP contribution in [0.2, 0.25) is 0 Å². The van der Waals surface area contributed by atoms with Gasteiger partial charge in [0.1, 0.15) is 5.75 Å². The van der Waals surface area contributed by atoms with Gasteiger partial charge in [-0.15, -0.1) is 0 Å². The highest BCUT2D eigenvalue weighted by Gasteiger charge is 2.11. The van der Waals surface area contributed by atoms with Crippen molar-refractivity contribution >= 4 is 15.9 Å². The standard InChI is InChI=1S/C13H20N2O4S/c1-14(2)13(16)10-19-12-7-5-11(6-8-12)9-15(3)20(4,17)18/h5-8H,9-10H2,1-4H3. The molecule has 0 aliphatic heterocycles. The van der Waals surface area contributed by atoms with E-state index in [0.29, 0.717) is 12.3 Å². The minimum Gasteiger partial charge on any atom is -0.484 e. The number of ether oxygens (including phenoxy) is 1. The van der Waals surface area contributed by atoms with Crippen molar-refractivity contribution in [1.82, 2.24) is 9.21 Å². The zero-order chi connectivity index (χ0) is 15.3. The topological polar surface area (TPSA) is 66.9 Å². The zero-order valence-electron chi connectivity index (χ0n) is 12.2. The average Bonchev–Trinajstić information content (AvgIpc) is 2.36. The molecule has 1 amide bonds. The van der Waals surface area contributed by atoms with E-state index in [1.807, 2.05) is 0 Å². The van der Waals surface area contributed by atoms with E-state index in [9.17, 15) is 13.2 Å². The van der Waals surface area contributed by atoms with Crippen LogP contribution in [0.1, 0.15) is 5.56 Å². The van der Waals surface area contributed by atoms with Gasteiger partial charge in [-0.2, -0.15) is 0 Å². The van der Waals surface area contributed by atoms with E-state index < -0.39 is 10.0 Å². The third-order valence-electron chi connectivity index (χ3n) is 2.76. The van der Waals surface area contributed by atoms with Gasteiger partial charge in [0.25, 0.3) is 5.91 Å². The maximum atomic E-state index is 11.4. The van der Waals surface area contributed by atoms with E-state index in [-0.39, 0.29) is 12.5 Å². The van der Waals surface area contributed by atoms with E-state index in [4.69, 9.17) is 4.74 Å². The van der Waals surface area contributed by atoms with Crippen LogP contribution in [0.3, 0.4) is 0 Å². The maximum Gasteiger partial charge on any atom is 0.259 e. The summed E-state index contributed by atoms with van der Waals surface area (Å²) in [5.41, 5.74) is 0.851. The lowest BCUT2D eigenvalue weighted by atomic mass is 10.2. The van der Waals surface area contributed by atoms with Crippen LogP contribution < -0.4 is 4.74 Å². The Balaban J connectivity index is 2.59. The summed E-state index contributed by atoms with van der Waals surface area (Å²) in [6, 6.07) is 6.98. The number of sulfonamides is 1. The highest BCUT2D eigenvalue weighted by Crippen LogP contribution is 2.14. The molecule has 112 valence electrons. The molecule has 0 fully saturated rings. The second-order valence-corrected chi connectivity index (χ2v) is 6.83. The first kappa shape index (κ1) is 16.5. The van der Waals surface area contributed by atoms with Crippen molar-refractivity contribution in [2.75, 3.05) is 34.0 Å². The molecule has 1 aromatic carbocycles. The predicted octanol–water partition coefficient (Wildman–Crippen LogP) is 0.545. The second kappa shape index (κ2) is 6.71. The molecule has 0 N–H and O–H groups in total. The molecule has 1 rings (SSSR count). The van der Waals surface area contributed by atoms with Crippen LogP contribution >= 0.6 is 0 Å². The Bertz CT molecular complexity index is 552. The Hall–Kier alpha value is -1.60. The van der Waals surface area contributed by atoms with Crippen LogP contribution in [0.4, 0.5) is 0 Å². The molecule has 0 saturated carbocycles. The maximum absolute atomic E-state index is 11.4. The molecule has 0 saturated heterocycles. The molecular weight excluding hydrogens is 280 g/mol. The van der Waals surface area contributed by atoms with E-state index in [1.54, 1.807) is 38.4 Å². The second-order valence-electron chi connectivity index (χ2n) is 4.74. The number of amides is 1. The summed E-state index contributed by atoms with van der Waals surface area (Å²) >= 11 is 0. The number of nitrogens with zero attached hydrogens (tertiary/aromatic N) is 2. The molecule has 6 nitrogen and oxygen atoms in total. The Morgan fingerprint density at radius 3 is 2.15 bits per heavy atom. The summed E-state index contributed by atoms with van der Waals surface area (Å²) in [6.07, 6.45) is 1.16. The molecule has 0 radical (unpaired) electrons. The molecular formula is C13H20N2O4S. The monoisotopic (exact) mass is 300 g/mol. The SMILES string of the molecule is CN(C)C(=O)COc1ccc(CN(C)S(C)(=O)=O)cc1. The van der Waals surface area contributed by atoms with Gasteiger partial charge in [-0.25, -0.2) is 12.7 Å². The van der Waals surface area contributed by atoms with Crippen LogP contribution in [0.15, 0.2) is 24.3 Å². The third kappa shape index (κ3) is 5.18. The van der Waals surface area contributed by atoms with Crippen molar-refractivity contribution in [2.24, 2.45) is 0 Å². The van der Waals surface area contributed by atoms with Gasteiger partial charge in [0.05, 0.1) is 6.26 Å². The first-order valence-electron chi connectivity index (χ1n) is 6.03. The summed E-state index contributed by atoms with van der Waals surface area (Å²) in [4.78, 5) is 12.8. The van der Waals surface area contributed by atoms with Gasteiger partial charge in [0.15, 0.2) is 6.61 Å². The molecule has 0 aliphatic rings. The molecule has 0 atom stereocenters. The van der Waals surface area contributed by atoms with Gasteiger partial charge in [0.2, 0.25) is 10.0 Å². The quantitative estimate of drug-likeness (QED) is 0.769. The fourth-order valence-corrected chi connectivity index (χ4v) is 1.72. The van der Waals surface area contributed by atoms with Gasteiger partial charge in [-0.1, -0.05) is 12.1 Å². The van der Waals surface area contributed by atoms with E-state index >= 15 is 0 Å². The smallest absolute Gasteiger partial charge is 0.259 e. The van der Waals surface area contributed by atoms with Crippen molar-refractivity contribution in [3.8, 4) is 5.75 Å². The molecule has 7 heteroatoms. The fraction of sp³-hybridized carbons (Fsp3) is 0.462. The Kier molecular flexibility index (Phi) is 5.52. The Labute approximate surface area is 120 Å². The molecule has 0 unspecified atom stereocenters. The third-order valence-corrected chi connectivity index (χ3v) is 4.02. The van der Waals surface area contributed by atoms with Gasteiger partial charge >= 0.3 is 0 Å². The first-order chi connectivity index (χ1) is 9.20. The number of carbonyl (C=O) groups is 1. The molecule has 0 spiro atoms. The van der Waals surface area contributed by atoms with E-state index in [0.717, 1.165) is 11.8 Å². The zero-order valence-corrected chi connectivity index (χ0v) is 13.0. The molecule has 0 heterocycles. The van der Waals surface area contributed by atoms with Gasteiger partial charge < -0.3 is 9.64 Å². The summed E-state index contributed by atoms with van der Waals surface area (Å²) in [7, 11) is 1.66. The number of benzene rings is 1. The van der Waals surface area contributed by atoms with E-state index in [2.05, 4.69) is 0 Å². The average molecular weight is 300 g/mol. The number of carbonyl (C=O) groups excluding carboxylic acids is 1. The number of hydrogen-bond acceptors (Lipinski definition) is 4.